The Morgan fingerprint density at radius 3 is 2.76 bits per heavy atom. The highest BCUT2D eigenvalue weighted by atomic mass is 79.9. The Morgan fingerprint density at radius 2 is 2.18 bits per heavy atom. The SMILES string of the molecule is COCc1c(Br)cccc1NS(=O)(=O)CCCl. The first-order valence-electron chi connectivity index (χ1n) is 4.83. The lowest BCUT2D eigenvalue weighted by Crippen LogP contribution is -2.18. The summed E-state index contributed by atoms with van der Waals surface area (Å²) in [4.78, 5) is 0. The van der Waals surface area contributed by atoms with E-state index in [1.165, 1.54) is 0 Å². The van der Waals surface area contributed by atoms with Crippen LogP contribution in [0.25, 0.3) is 0 Å². The van der Waals surface area contributed by atoms with Gasteiger partial charge in [-0.05, 0) is 12.1 Å². The molecule has 0 unspecified atom stereocenters. The number of rotatable bonds is 6. The summed E-state index contributed by atoms with van der Waals surface area (Å²) in [6.45, 7) is 0.320. The van der Waals surface area contributed by atoms with E-state index in [1.54, 1.807) is 19.2 Å². The minimum atomic E-state index is -3.40. The van der Waals surface area contributed by atoms with Crippen molar-refractivity contribution < 1.29 is 13.2 Å². The van der Waals surface area contributed by atoms with Gasteiger partial charge in [0.1, 0.15) is 0 Å². The third-order valence-corrected chi connectivity index (χ3v) is 4.45. The first kappa shape index (κ1) is 14.8. The number of ether oxygens (including phenoxy) is 1. The van der Waals surface area contributed by atoms with Gasteiger partial charge in [-0.15, -0.1) is 11.6 Å². The van der Waals surface area contributed by atoms with Gasteiger partial charge in [0.05, 0.1) is 18.0 Å². The van der Waals surface area contributed by atoms with Gasteiger partial charge in [-0.2, -0.15) is 0 Å². The van der Waals surface area contributed by atoms with E-state index in [9.17, 15) is 8.42 Å². The molecule has 0 amide bonds. The average molecular weight is 343 g/mol. The Hall–Kier alpha value is -0.300. The van der Waals surface area contributed by atoms with Crippen LogP contribution in [0.2, 0.25) is 0 Å². The molecule has 0 aliphatic rings. The van der Waals surface area contributed by atoms with Crippen molar-refractivity contribution in [2.45, 2.75) is 6.61 Å². The molecular weight excluding hydrogens is 330 g/mol. The predicted molar refractivity (Wildman–Crippen MR) is 73.0 cm³/mol. The van der Waals surface area contributed by atoms with Gasteiger partial charge in [0.25, 0.3) is 0 Å². The molecule has 0 atom stereocenters. The van der Waals surface area contributed by atoms with Crippen LogP contribution < -0.4 is 4.72 Å². The molecular formula is C10H13BrClNO3S. The second-order valence-corrected chi connectivity index (χ2v) is 6.38. The highest BCUT2D eigenvalue weighted by Gasteiger charge is 2.13. The van der Waals surface area contributed by atoms with Gasteiger partial charge in [0.15, 0.2) is 0 Å². The van der Waals surface area contributed by atoms with Gasteiger partial charge in [-0.1, -0.05) is 22.0 Å². The van der Waals surface area contributed by atoms with E-state index in [1.807, 2.05) is 6.07 Å². The Kier molecular flexibility index (Phi) is 5.72. The number of hydrogen-bond donors (Lipinski definition) is 1. The number of methoxy groups -OCH3 is 1. The fraction of sp³-hybridized carbons (Fsp3) is 0.400. The third kappa shape index (κ3) is 4.46. The predicted octanol–water partition coefficient (Wildman–Crippen LogP) is 2.58. The normalized spacial score (nSPS) is 11.5. The fourth-order valence-corrected chi connectivity index (χ4v) is 3.19. The summed E-state index contributed by atoms with van der Waals surface area (Å²) in [5.74, 6) is -0.0591. The average Bonchev–Trinajstić information content (AvgIpc) is 2.22. The molecule has 0 radical (unpaired) electrons. The minimum Gasteiger partial charge on any atom is -0.380 e. The zero-order valence-electron chi connectivity index (χ0n) is 9.24. The van der Waals surface area contributed by atoms with Crippen molar-refractivity contribution in [3.63, 3.8) is 0 Å². The molecule has 0 bridgehead atoms. The van der Waals surface area contributed by atoms with Crippen molar-refractivity contribution in [3.05, 3.63) is 28.2 Å². The number of benzene rings is 1. The summed E-state index contributed by atoms with van der Waals surface area (Å²) in [6.07, 6.45) is 0. The lowest BCUT2D eigenvalue weighted by Gasteiger charge is -2.13. The van der Waals surface area contributed by atoms with Gasteiger partial charge in [0.2, 0.25) is 10.0 Å². The maximum atomic E-state index is 11.6. The number of anilines is 1. The van der Waals surface area contributed by atoms with Gasteiger partial charge < -0.3 is 4.74 Å². The minimum absolute atomic E-state index is 0.0585. The molecule has 96 valence electrons. The number of nitrogens with one attached hydrogen (secondary N) is 1. The van der Waals surface area contributed by atoms with Crippen LogP contribution in [0, 0.1) is 0 Å². The Balaban J connectivity index is 3.02. The molecule has 0 aliphatic heterocycles. The first-order chi connectivity index (χ1) is 8.00. The molecule has 7 heteroatoms. The Labute approximate surface area is 114 Å². The van der Waals surface area contributed by atoms with Crippen molar-refractivity contribution >= 4 is 43.2 Å². The van der Waals surface area contributed by atoms with E-state index in [0.29, 0.717) is 12.3 Å². The highest BCUT2D eigenvalue weighted by Crippen LogP contribution is 2.26. The molecule has 17 heavy (non-hydrogen) atoms. The highest BCUT2D eigenvalue weighted by molar-refractivity contribution is 9.10. The van der Waals surface area contributed by atoms with E-state index < -0.39 is 10.0 Å². The number of alkyl halides is 1. The van der Waals surface area contributed by atoms with Crippen LogP contribution in [0.3, 0.4) is 0 Å². The molecule has 0 heterocycles. The molecule has 0 spiro atoms. The largest absolute Gasteiger partial charge is 0.380 e. The second kappa shape index (κ2) is 6.58. The molecule has 0 saturated heterocycles. The number of halogens is 2. The van der Waals surface area contributed by atoms with Crippen molar-refractivity contribution in [1.82, 2.24) is 0 Å². The molecule has 0 saturated carbocycles. The summed E-state index contributed by atoms with van der Waals surface area (Å²) in [6, 6.07) is 5.26. The van der Waals surface area contributed by atoms with Crippen LogP contribution in [-0.2, 0) is 21.4 Å². The maximum Gasteiger partial charge on any atom is 0.233 e. The van der Waals surface area contributed by atoms with E-state index in [-0.39, 0.29) is 11.6 Å². The molecule has 1 N–H and O–H groups in total. The summed E-state index contributed by atoms with van der Waals surface area (Å²) in [5.41, 5.74) is 1.26. The van der Waals surface area contributed by atoms with Crippen molar-refractivity contribution in [1.29, 1.82) is 0 Å². The van der Waals surface area contributed by atoms with Crippen LogP contribution >= 0.6 is 27.5 Å². The van der Waals surface area contributed by atoms with Gasteiger partial charge in [-0.3, -0.25) is 4.72 Å². The summed E-state index contributed by atoms with van der Waals surface area (Å²) < 4.78 is 31.6. The quantitative estimate of drug-likeness (QED) is 0.808. The number of sulfonamides is 1. The molecule has 0 fully saturated rings. The summed E-state index contributed by atoms with van der Waals surface area (Å²) >= 11 is 8.79. The fourth-order valence-electron chi connectivity index (χ4n) is 1.27. The summed E-state index contributed by atoms with van der Waals surface area (Å²) in [5, 5.41) is 0. The Bertz CT molecular complexity index is 478. The smallest absolute Gasteiger partial charge is 0.233 e. The molecule has 1 aromatic rings. The standard InChI is InChI=1S/C10H13BrClNO3S/c1-16-7-8-9(11)3-2-4-10(8)13-17(14,15)6-5-12/h2-4,13H,5-7H2,1H3. The van der Waals surface area contributed by atoms with E-state index >= 15 is 0 Å². The lowest BCUT2D eigenvalue weighted by molar-refractivity contribution is 0.185. The first-order valence-corrected chi connectivity index (χ1v) is 7.81. The van der Waals surface area contributed by atoms with Gasteiger partial charge >= 0.3 is 0 Å². The van der Waals surface area contributed by atoms with Gasteiger partial charge in [0, 0.05) is 23.0 Å². The van der Waals surface area contributed by atoms with Crippen molar-refractivity contribution in [3.8, 4) is 0 Å². The van der Waals surface area contributed by atoms with Gasteiger partial charge in [-0.25, -0.2) is 8.42 Å². The molecule has 0 aromatic heterocycles. The zero-order chi connectivity index (χ0) is 12.9. The van der Waals surface area contributed by atoms with Crippen LogP contribution in [0.15, 0.2) is 22.7 Å². The Morgan fingerprint density at radius 1 is 1.47 bits per heavy atom. The molecule has 1 aromatic carbocycles. The molecule has 1 rings (SSSR count). The maximum absolute atomic E-state index is 11.6. The molecule has 4 nitrogen and oxygen atoms in total. The van der Waals surface area contributed by atoms with Crippen molar-refractivity contribution in [2.75, 3.05) is 23.5 Å². The van der Waals surface area contributed by atoms with Crippen LogP contribution in [0.4, 0.5) is 5.69 Å². The number of hydrogen-bond acceptors (Lipinski definition) is 3. The van der Waals surface area contributed by atoms with E-state index in [2.05, 4.69) is 20.7 Å². The van der Waals surface area contributed by atoms with Crippen molar-refractivity contribution in [2.24, 2.45) is 0 Å². The van der Waals surface area contributed by atoms with Crippen LogP contribution in [0.5, 0.6) is 0 Å². The third-order valence-electron chi connectivity index (χ3n) is 2.02. The monoisotopic (exact) mass is 341 g/mol. The lowest BCUT2D eigenvalue weighted by atomic mass is 10.2. The van der Waals surface area contributed by atoms with E-state index in [0.717, 1.165) is 10.0 Å². The van der Waals surface area contributed by atoms with Crippen LogP contribution in [0.1, 0.15) is 5.56 Å². The topological polar surface area (TPSA) is 55.4 Å². The van der Waals surface area contributed by atoms with Crippen LogP contribution in [-0.4, -0.2) is 27.2 Å². The van der Waals surface area contributed by atoms with E-state index in [4.69, 9.17) is 16.3 Å². The molecule has 0 aliphatic carbocycles. The second-order valence-electron chi connectivity index (χ2n) is 3.31. The zero-order valence-corrected chi connectivity index (χ0v) is 12.4. The summed E-state index contributed by atoms with van der Waals surface area (Å²) in [7, 11) is -1.85.